The van der Waals surface area contributed by atoms with E-state index < -0.39 is 4.75 Å². The second kappa shape index (κ2) is 4.16. The Labute approximate surface area is 112 Å². The predicted octanol–water partition coefficient (Wildman–Crippen LogP) is 3.93. The Bertz CT molecular complexity index is 545. The van der Waals surface area contributed by atoms with E-state index in [1.54, 1.807) is 0 Å². The van der Waals surface area contributed by atoms with Crippen molar-refractivity contribution in [3.05, 3.63) is 40.1 Å². The molecule has 1 aromatic carbocycles. The van der Waals surface area contributed by atoms with Crippen LogP contribution in [0.4, 0.5) is 0 Å². The first-order valence-electron chi connectivity index (χ1n) is 5.99. The standard InChI is InChI=1S/C15H18O2S/c1-8-6-9(2)11(10(3)7-8)12-13(16)15(4,5)18-14(12)17/h6-7,16H,1-5H3. The van der Waals surface area contributed by atoms with Gasteiger partial charge in [0.1, 0.15) is 5.76 Å². The lowest BCUT2D eigenvalue weighted by molar-refractivity contribution is -0.106. The van der Waals surface area contributed by atoms with Gasteiger partial charge in [-0.2, -0.15) is 0 Å². The van der Waals surface area contributed by atoms with Crippen LogP contribution >= 0.6 is 11.8 Å². The minimum Gasteiger partial charge on any atom is -0.510 e. The van der Waals surface area contributed by atoms with E-state index in [0.717, 1.165) is 16.7 Å². The van der Waals surface area contributed by atoms with Crippen molar-refractivity contribution >= 4 is 22.5 Å². The molecule has 0 amide bonds. The fraction of sp³-hybridized carbons (Fsp3) is 0.400. The molecule has 1 heterocycles. The molecule has 18 heavy (non-hydrogen) atoms. The van der Waals surface area contributed by atoms with Gasteiger partial charge in [-0.25, -0.2) is 0 Å². The fourth-order valence-corrected chi connectivity index (χ4v) is 3.49. The van der Waals surface area contributed by atoms with Crippen molar-refractivity contribution in [3.63, 3.8) is 0 Å². The van der Waals surface area contributed by atoms with Crippen LogP contribution in [0.25, 0.3) is 5.57 Å². The molecule has 1 aliphatic rings. The zero-order chi connectivity index (χ0) is 13.7. The van der Waals surface area contributed by atoms with Gasteiger partial charge in [-0.3, -0.25) is 4.79 Å². The van der Waals surface area contributed by atoms with E-state index in [-0.39, 0.29) is 10.9 Å². The van der Waals surface area contributed by atoms with Crippen LogP contribution in [0.15, 0.2) is 17.9 Å². The van der Waals surface area contributed by atoms with Gasteiger partial charge in [0.05, 0.1) is 10.3 Å². The summed E-state index contributed by atoms with van der Waals surface area (Å²) in [6, 6.07) is 4.10. The second-order valence-electron chi connectivity index (χ2n) is 5.40. The number of benzene rings is 1. The zero-order valence-corrected chi connectivity index (χ0v) is 12.2. The Morgan fingerprint density at radius 1 is 1.11 bits per heavy atom. The fourth-order valence-electron chi connectivity index (χ4n) is 2.52. The van der Waals surface area contributed by atoms with Gasteiger partial charge in [0.2, 0.25) is 5.12 Å². The first kappa shape index (κ1) is 13.2. The van der Waals surface area contributed by atoms with Gasteiger partial charge in [0.25, 0.3) is 0 Å². The molecule has 0 aromatic heterocycles. The van der Waals surface area contributed by atoms with Crippen LogP contribution in [0, 0.1) is 20.8 Å². The highest BCUT2D eigenvalue weighted by Gasteiger charge is 2.41. The minimum atomic E-state index is -0.518. The lowest BCUT2D eigenvalue weighted by Crippen LogP contribution is -2.14. The minimum absolute atomic E-state index is 0.0347. The Balaban J connectivity index is 2.71. The SMILES string of the molecule is Cc1cc(C)c(C2=C(O)C(C)(C)SC2=O)c(C)c1. The third-order valence-corrected chi connectivity index (χ3v) is 4.38. The number of hydrogen-bond donors (Lipinski definition) is 1. The van der Waals surface area contributed by atoms with Crippen molar-refractivity contribution in [2.45, 2.75) is 39.4 Å². The molecule has 0 unspecified atom stereocenters. The Kier molecular flexibility index (Phi) is 3.06. The molecule has 0 saturated heterocycles. The van der Waals surface area contributed by atoms with Gasteiger partial charge in [0, 0.05) is 0 Å². The molecular weight excluding hydrogens is 244 g/mol. The third kappa shape index (κ3) is 1.97. The molecule has 2 nitrogen and oxygen atoms in total. The molecule has 1 N–H and O–H groups in total. The van der Waals surface area contributed by atoms with Gasteiger partial charge in [-0.05, 0) is 51.3 Å². The summed E-state index contributed by atoms with van der Waals surface area (Å²) in [5, 5.41) is 10.3. The Morgan fingerprint density at radius 3 is 2.00 bits per heavy atom. The molecule has 1 aromatic rings. The summed E-state index contributed by atoms with van der Waals surface area (Å²) in [5.74, 6) is 0.201. The summed E-state index contributed by atoms with van der Waals surface area (Å²) >= 11 is 1.19. The molecule has 3 heteroatoms. The van der Waals surface area contributed by atoms with E-state index in [0.29, 0.717) is 5.57 Å². The van der Waals surface area contributed by atoms with E-state index >= 15 is 0 Å². The van der Waals surface area contributed by atoms with Crippen LogP contribution in [-0.4, -0.2) is 15.0 Å². The molecule has 1 aliphatic heterocycles. The summed E-state index contributed by atoms with van der Waals surface area (Å²) in [6.45, 7) is 9.75. The average Bonchev–Trinajstić information content (AvgIpc) is 2.38. The van der Waals surface area contributed by atoms with Crippen molar-refractivity contribution in [2.24, 2.45) is 0 Å². The maximum Gasteiger partial charge on any atom is 0.224 e. The summed E-state index contributed by atoms with van der Waals surface area (Å²) in [6.07, 6.45) is 0. The van der Waals surface area contributed by atoms with Crippen molar-refractivity contribution in [1.82, 2.24) is 0 Å². The summed E-state index contributed by atoms with van der Waals surface area (Å²) < 4.78 is -0.518. The van der Waals surface area contributed by atoms with Gasteiger partial charge in [-0.15, -0.1) is 0 Å². The van der Waals surface area contributed by atoms with Crippen LogP contribution in [0.5, 0.6) is 0 Å². The van der Waals surface area contributed by atoms with Crippen molar-refractivity contribution < 1.29 is 9.90 Å². The summed E-state index contributed by atoms with van der Waals surface area (Å²) in [4.78, 5) is 12.1. The first-order valence-corrected chi connectivity index (χ1v) is 6.81. The van der Waals surface area contributed by atoms with E-state index in [2.05, 4.69) is 0 Å². The highest BCUT2D eigenvalue weighted by molar-refractivity contribution is 8.16. The van der Waals surface area contributed by atoms with Gasteiger partial charge in [0.15, 0.2) is 0 Å². The number of aryl methyl sites for hydroxylation is 3. The Morgan fingerprint density at radius 2 is 1.61 bits per heavy atom. The molecule has 0 saturated carbocycles. The molecule has 0 aliphatic carbocycles. The van der Waals surface area contributed by atoms with Crippen molar-refractivity contribution in [3.8, 4) is 0 Å². The number of aliphatic hydroxyl groups excluding tert-OH is 1. The van der Waals surface area contributed by atoms with Gasteiger partial charge < -0.3 is 5.11 Å². The highest BCUT2D eigenvalue weighted by atomic mass is 32.2. The van der Waals surface area contributed by atoms with E-state index in [9.17, 15) is 9.90 Å². The highest BCUT2D eigenvalue weighted by Crippen LogP contribution is 2.46. The molecule has 0 fully saturated rings. The average molecular weight is 262 g/mol. The van der Waals surface area contributed by atoms with Crippen LogP contribution in [0.1, 0.15) is 36.1 Å². The molecule has 2 rings (SSSR count). The van der Waals surface area contributed by atoms with Gasteiger partial charge in [-0.1, -0.05) is 29.5 Å². The normalized spacial score (nSPS) is 18.6. The number of carbonyl (C=O) groups is 1. The molecule has 0 spiro atoms. The summed E-state index contributed by atoms with van der Waals surface area (Å²) in [7, 11) is 0. The van der Waals surface area contributed by atoms with Crippen molar-refractivity contribution in [1.29, 1.82) is 0 Å². The van der Waals surface area contributed by atoms with E-state index in [1.165, 1.54) is 17.3 Å². The summed E-state index contributed by atoms with van der Waals surface area (Å²) in [5.41, 5.74) is 4.63. The molecule has 96 valence electrons. The molecule has 0 radical (unpaired) electrons. The largest absolute Gasteiger partial charge is 0.510 e. The Hall–Kier alpha value is -1.22. The van der Waals surface area contributed by atoms with E-state index in [4.69, 9.17) is 0 Å². The van der Waals surface area contributed by atoms with Crippen molar-refractivity contribution in [2.75, 3.05) is 0 Å². The first-order chi connectivity index (χ1) is 8.24. The molecular formula is C15H18O2S. The number of rotatable bonds is 1. The number of thioether (sulfide) groups is 1. The number of carbonyl (C=O) groups excluding carboxylic acids is 1. The monoisotopic (exact) mass is 262 g/mol. The van der Waals surface area contributed by atoms with Crippen LogP contribution < -0.4 is 0 Å². The van der Waals surface area contributed by atoms with Crippen LogP contribution in [0.2, 0.25) is 0 Å². The topological polar surface area (TPSA) is 37.3 Å². The number of hydrogen-bond acceptors (Lipinski definition) is 3. The van der Waals surface area contributed by atoms with E-state index in [1.807, 2.05) is 46.8 Å². The maximum atomic E-state index is 12.1. The van der Waals surface area contributed by atoms with Crippen LogP contribution in [-0.2, 0) is 4.79 Å². The smallest absolute Gasteiger partial charge is 0.224 e. The lowest BCUT2D eigenvalue weighted by atomic mass is 9.91. The molecule has 0 bridgehead atoms. The maximum absolute atomic E-state index is 12.1. The van der Waals surface area contributed by atoms with Crippen LogP contribution in [0.3, 0.4) is 0 Å². The lowest BCUT2D eigenvalue weighted by Gasteiger charge is -2.15. The van der Waals surface area contributed by atoms with Gasteiger partial charge >= 0.3 is 0 Å². The zero-order valence-electron chi connectivity index (χ0n) is 11.4. The third-order valence-electron chi connectivity index (χ3n) is 3.29. The second-order valence-corrected chi connectivity index (χ2v) is 6.99. The predicted molar refractivity (Wildman–Crippen MR) is 76.9 cm³/mol. The number of aliphatic hydroxyl groups is 1. The quantitative estimate of drug-likeness (QED) is 0.833. The molecule has 0 atom stereocenters.